The lowest BCUT2D eigenvalue weighted by molar-refractivity contribution is 0.620. The summed E-state index contributed by atoms with van der Waals surface area (Å²) in [7, 11) is 0. The molecule has 15 heavy (non-hydrogen) atoms. The van der Waals surface area contributed by atoms with Gasteiger partial charge < -0.3 is 5.32 Å². The van der Waals surface area contributed by atoms with E-state index in [2.05, 4.69) is 29.5 Å². The van der Waals surface area contributed by atoms with Crippen LogP contribution in [0.1, 0.15) is 30.1 Å². The lowest BCUT2D eigenvalue weighted by atomic mass is 10.1. The number of aryl methyl sites for hydroxylation is 1. The second-order valence-electron chi connectivity index (χ2n) is 4.24. The van der Waals surface area contributed by atoms with Crippen molar-refractivity contribution in [2.45, 2.75) is 25.8 Å². The van der Waals surface area contributed by atoms with Crippen molar-refractivity contribution in [1.82, 2.24) is 14.9 Å². The van der Waals surface area contributed by atoms with Crippen molar-refractivity contribution in [3.8, 4) is 0 Å². The van der Waals surface area contributed by atoms with Crippen molar-refractivity contribution in [2.75, 3.05) is 6.54 Å². The normalized spacial score (nSPS) is 21.3. The standard InChI is InChI=1S/C12H15N3/c1-9-4-3-7-15-12(9)8-11(14-15)10-5-2-6-13-10/h3-4,7-8,10,13H,2,5-6H2,1H3. The lowest BCUT2D eigenvalue weighted by Gasteiger charge is -2.03. The number of hydrogen-bond donors (Lipinski definition) is 1. The Balaban J connectivity index is 2.09. The number of pyridine rings is 1. The molecule has 0 radical (unpaired) electrons. The maximum atomic E-state index is 4.61. The molecule has 1 aliphatic heterocycles. The van der Waals surface area contributed by atoms with Gasteiger partial charge in [-0.3, -0.25) is 0 Å². The van der Waals surface area contributed by atoms with Crippen LogP contribution in [0.15, 0.2) is 24.4 Å². The molecular weight excluding hydrogens is 186 g/mol. The Hall–Kier alpha value is -1.35. The first-order chi connectivity index (χ1) is 7.34. The molecule has 3 heterocycles. The molecular formula is C12H15N3. The summed E-state index contributed by atoms with van der Waals surface area (Å²) in [5.41, 5.74) is 3.69. The highest BCUT2D eigenvalue weighted by molar-refractivity contribution is 5.54. The van der Waals surface area contributed by atoms with Crippen molar-refractivity contribution in [2.24, 2.45) is 0 Å². The van der Waals surface area contributed by atoms with Crippen LogP contribution in [0.3, 0.4) is 0 Å². The van der Waals surface area contributed by atoms with Gasteiger partial charge in [-0.05, 0) is 44.0 Å². The van der Waals surface area contributed by atoms with Gasteiger partial charge in [0.15, 0.2) is 0 Å². The summed E-state index contributed by atoms with van der Waals surface area (Å²) in [5, 5.41) is 8.09. The molecule has 1 atom stereocenters. The van der Waals surface area contributed by atoms with Gasteiger partial charge in [0.2, 0.25) is 0 Å². The number of nitrogens with one attached hydrogen (secondary N) is 1. The predicted octanol–water partition coefficient (Wildman–Crippen LogP) is 2.07. The highest BCUT2D eigenvalue weighted by Crippen LogP contribution is 2.23. The van der Waals surface area contributed by atoms with Crippen LogP contribution in [-0.4, -0.2) is 16.2 Å². The number of rotatable bonds is 1. The van der Waals surface area contributed by atoms with Crippen LogP contribution >= 0.6 is 0 Å². The molecule has 1 aliphatic rings. The number of nitrogens with zero attached hydrogens (tertiary/aromatic N) is 2. The number of aromatic nitrogens is 2. The molecule has 3 rings (SSSR count). The van der Waals surface area contributed by atoms with Gasteiger partial charge in [0.1, 0.15) is 0 Å². The summed E-state index contributed by atoms with van der Waals surface area (Å²) in [5.74, 6) is 0. The summed E-state index contributed by atoms with van der Waals surface area (Å²) in [6, 6.07) is 6.84. The second-order valence-corrected chi connectivity index (χ2v) is 4.24. The molecule has 0 bridgehead atoms. The molecule has 1 N–H and O–H groups in total. The molecule has 2 aromatic heterocycles. The maximum Gasteiger partial charge on any atom is 0.0804 e. The average Bonchev–Trinajstić information content (AvgIpc) is 2.86. The van der Waals surface area contributed by atoms with E-state index in [-0.39, 0.29) is 0 Å². The average molecular weight is 201 g/mol. The van der Waals surface area contributed by atoms with Crippen molar-refractivity contribution >= 4 is 5.52 Å². The molecule has 0 aromatic carbocycles. The highest BCUT2D eigenvalue weighted by Gasteiger charge is 2.19. The van der Waals surface area contributed by atoms with Gasteiger partial charge in [0, 0.05) is 6.20 Å². The number of hydrogen-bond acceptors (Lipinski definition) is 2. The van der Waals surface area contributed by atoms with Gasteiger partial charge in [-0.1, -0.05) is 6.07 Å². The van der Waals surface area contributed by atoms with E-state index in [1.54, 1.807) is 0 Å². The fourth-order valence-corrected chi connectivity index (χ4v) is 2.28. The van der Waals surface area contributed by atoms with E-state index < -0.39 is 0 Å². The van der Waals surface area contributed by atoms with Gasteiger partial charge in [0.25, 0.3) is 0 Å². The number of fused-ring (bicyclic) bond motifs is 1. The van der Waals surface area contributed by atoms with Gasteiger partial charge in [-0.25, -0.2) is 4.52 Å². The van der Waals surface area contributed by atoms with Crippen LogP contribution in [0, 0.1) is 6.92 Å². The highest BCUT2D eigenvalue weighted by atomic mass is 15.2. The zero-order valence-corrected chi connectivity index (χ0v) is 8.90. The molecule has 0 aliphatic carbocycles. The Morgan fingerprint density at radius 3 is 3.20 bits per heavy atom. The van der Waals surface area contributed by atoms with Gasteiger partial charge in [-0.15, -0.1) is 0 Å². The topological polar surface area (TPSA) is 29.3 Å². The smallest absolute Gasteiger partial charge is 0.0804 e. The monoisotopic (exact) mass is 201 g/mol. The fraction of sp³-hybridized carbons (Fsp3) is 0.417. The molecule has 0 spiro atoms. The second kappa shape index (κ2) is 3.35. The van der Waals surface area contributed by atoms with Crippen LogP contribution < -0.4 is 5.32 Å². The third-order valence-corrected chi connectivity index (χ3v) is 3.15. The van der Waals surface area contributed by atoms with E-state index in [0.29, 0.717) is 6.04 Å². The SMILES string of the molecule is Cc1cccn2nc(C3CCCN3)cc12. The van der Waals surface area contributed by atoms with E-state index >= 15 is 0 Å². The van der Waals surface area contributed by atoms with Crippen molar-refractivity contribution in [1.29, 1.82) is 0 Å². The van der Waals surface area contributed by atoms with Gasteiger partial charge in [0.05, 0.1) is 17.3 Å². The van der Waals surface area contributed by atoms with Crippen molar-refractivity contribution < 1.29 is 0 Å². The Morgan fingerprint density at radius 2 is 2.47 bits per heavy atom. The largest absolute Gasteiger partial charge is 0.309 e. The molecule has 1 fully saturated rings. The molecule has 1 unspecified atom stereocenters. The quantitative estimate of drug-likeness (QED) is 0.765. The van der Waals surface area contributed by atoms with E-state index in [4.69, 9.17) is 0 Å². The Labute approximate surface area is 89.1 Å². The minimum absolute atomic E-state index is 0.462. The van der Waals surface area contributed by atoms with Gasteiger partial charge >= 0.3 is 0 Å². The summed E-state index contributed by atoms with van der Waals surface area (Å²) >= 11 is 0. The van der Waals surface area contributed by atoms with Crippen molar-refractivity contribution in [3.63, 3.8) is 0 Å². The molecule has 0 saturated carbocycles. The molecule has 3 heteroatoms. The first-order valence-electron chi connectivity index (χ1n) is 5.53. The lowest BCUT2D eigenvalue weighted by Crippen LogP contribution is -2.13. The van der Waals surface area contributed by atoms with E-state index in [1.165, 1.54) is 29.6 Å². The maximum absolute atomic E-state index is 4.61. The van der Waals surface area contributed by atoms with E-state index in [0.717, 1.165) is 6.54 Å². The van der Waals surface area contributed by atoms with Crippen LogP contribution in [0.5, 0.6) is 0 Å². The summed E-state index contributed by atoms with van der Waals surface area (Å²) in [6.07, 6.45) is 4.49. The van der Waals surface area contributed by atoms with Crippen LogP contribution in [0.2, 0.25) is 0 Å². The zero-order chi connectivity index (χ0) is 10.3. The zero-order valence-electron chi connectivity index (χ0n) is 8.90. The molecule has 3 nitrogen and oxygen atoms in total. The third-order valence-electron chi connectivity index (χ3n) is 3.15. The minimum atomic E-state index is 0.462. The first kappa shape index (κ1) is 8.92. The van der Waals surface area contributed by atoms with E-state index in [1.807, 2.05) is 16.8 Å². The van der Waals surface area contributed by atoms with Crippen LogP contribution in [0.25, 0.3) is 5.52 Å². The van der Waals surface area contributed by atoms with Crippen LogP contribution in [0.4, 0.5) is 0 Å². The van der Waals surface area contributed by atoms with Gasteiger partial charge in [-0.2, -0.15) is 5.10 Å². The predicted molar refractivity (Wildman–Crippen MR) is 59.9 cm³/mol. The van der Waals surface area contributed by atoms with Crippen LogP contribution in [-0.2, 0) is 0 Å². The molecule has 2 aromatic rings. The fourth-order valence-electron chi connectivity index (χ4n) is 2.28. The van der Waals surface area contributed by atoms with E-state index in [9.17, 15) is 0 Å². The Morgan fingerprint density at radius 1 is 1.53 bits per heavy atom. The molecule has 78 valence electrons. The summed E-state index contributed by atoms with van der Waals surface area (Å²) in [6.45, 7) is 3.25. The molecule has 0 amide bonds. The Kier molecular flexibility index (Phi) is 1.99. The summed E-state index contributed by atoms with van der Waals surface area (Å²) < 4.78 is 1.98. The third kappa shape index (κ3) is 1.43. The van der Waals surface area contributed by atoms with Crippen molar-refractivity contribution in [3.05, 3.63) is 35.7 Å². The first-order valence-corrected chi connectivity index (χ1v) is 5.53. The minimum Gasteiger partial charge on any atom is -0.309 e. The summed E-state index contributed by atoms with van der Waals surface area (Å²) in [4.78, 5) is 0. The Bertz CT molecular complexity index is 481. The molecule has 1 saturated heterocycles.